The molecule has 0 saturated carbocycles. The minimum atomic E-state index is -0.690. The average molecular weight is 345 g/mol. The largest absolute Gasteiger partial charge is 0.494 e. The van der Waals surface area contributed by atoms with Crippen LogP contribution in [0.25, 0.3) is 17.3 Å². The van der Waals surface area contributed by atoms with Crippen molar-refractivity contribution in [1.29, 1.82) is 0 Å². The maximum atomic E-state index is 12.3. The number of para-hydroxylation sites is 2. The van der Waals surface area contributed by atoms with Crippen LogP contribution in [0.15, 0.2) is 63.1 Å². The number of aromatic nitrogens is 2. The number of hydrogen-bond donors (Lipinski definition) is 2. The number of fused-ring (bicyclic) bond motifs is 1. The van der Waals surface area contributed by atoms with Gasteiger partial charge in [-0.15, -0.1) is 0 Å². The van der Waals surface area contributed by atoms with Crippen LogP contribution in [0.5, 0.6) is 5.88 Å². The van der Waals surface area contributed by atoms with E-state index in [0.717, 1.165) is 21.4 Å². The molecule has 0 spiro atoms. The molecule has 1 aliphatic rings. The lowest BCUT2D eigenvalue weighted by molar-refractivity contribution is 0.429. The Hall–Kier alpha value is -3.67. The van der Waals surface area contributed by atoms with Crippen molar-refractivity contribution < 1.29 is 5.11 Å². The summed E-state index contributed by atoms with van der Waals surface area (Å²) in [5.74, 6) is -0.404. The van der Waals surface area contributed by atoms with Gasteiger partial charge in [-0.25, -0.2) is 9.36 Å². The average Bonchev–Trinajstić information content (AvgIpc) is 3.03. The number of aromatic hydroxyl groups is 1. The molecule has 4 rings (SSSR count). The lowest BCUT2D eigenvalue weighted by Gasteiger charge is -2.12. The standard InChI is InChI=1S/C20H15N3O3/c1-12-6-2-5-9-17(12)23-19(25)15(18(24)22-20(23)26)10-13-11-21-16-8-4-3-7-14(13)16/h2-11,25H,1H3,(H,22,24,26)/b13-10+. The summed E-state index contributed by atoms with van der Waals surface area (Å²) >= 11 is 0. The van der Waals surface area contributed by atoms with E-state index in [4.69, 9.17) is 0 Å². The van der Waals surface area contributed by atoms with Gasteiger partial charge in [0.1, 0.15) is 5.56 Å². The van der Waals surface area contributed by atoms with E-state index >= 15 is 0 Å². The van der Waals surface area contributed by atoms with Crippen molar-refractivity contribution >= 4 is 23.6 Å². The number of benzene rings is 2. The molecule has 0 amide bonds. The number of aliphatic imine (C=N–C) groups is 1. The molecule has 0 saturated heterocycles. The number of H-pyrrole nitrogens is 1. The third-order valence-electron chi connectivity index (χ3n) is 4.33. The van der Waals surface area contributed by atoms with E-state index in [9.17, 15) is 14.7 Å². The fourth-order valence-corrected chi connectivity index (χ4v) is 3.02. The molecule has 0 unspecified atom stereocenters. The molecule has 2 N–H and O–H groups in total. The van der Waals surface area contributed by atoms with E-state index in [1.54, 1.807) is 18.3 Å². The molecule has 2 heterocycles. The first kappa shape index (κ1) is 15.8. The second-order valence-corrected chi connectivity index (χ2v) is 5.99. The molecule has 26 heavy (non-hydrogen) atoms. The highest BCUT2D eigenvalue weighted by Gasteiger charge is 2.18. The molecule has 0 aliphatic carbocycles. The lowest BCUT2D eigenvalue weighted by atomic mass is 10.1. The Morgan fingerprint density at radius 1 is 1.08 bits per heavy atom. The molecular formula is C20H15N3O3. The summed E-state index contributed by atoms with van der Waals surface area (Å²) in [6.45, 7) is 1.82. The van der Waals surface area contributed by atoms with Gasteiger partial charge in [-0.05, 0) is 30.7 Å². The minimum absolute atomic E-state index is 0.00556. The van der Waals surface area contributed by atoms with Crippen LogP contribution in [0, 0.1) is 6.92 Å². The number of nitrogens with one attached hydrogen (secondary N) is 1. The van der Waals surface area contributed by atoms with Crippen molar-refractivity contribution in [3.05, 3.63) is 86.1 Å². The Bertz CT molecular complexity index is 1200. The summed E-state index contributed by atoms with van der Waals surface area (Å²) in [5.41, 5.74) is 2.31. The van der Waals surface area contributed by atoms with Gasteiger partial charge in [0, 0.05) is 17.4 Å². The summed E-state index contributed by atoms with van der Waals surface area (Å²) in [5, 5.41) is 10.7. The first-order valence-electron chi connectivity index (χ1n) is 8.06. The van der Waals surface area contributed by atoms with Crippen LogP contribution < -0.4 is 11.2 Å². The Morgan fingerprint density at radius 2 is 1.81 bits per heavy atom. The molecule has 6 nitrogen and oxygen atoms in total. The Balaban J connectivity index is 1.95. The summed E-state index contributed by atoms with van der Waals surface area (Å²) < 4.78 is 1.10. The molecule has 0 bridgehead atoms. The van der Waals surface area contributed by atoms with Crippen LogP contribution in [-0.2, 0) is 0 Å². The van der Waals surface area contributed by atoms with Crippen molar-refractivity contribution in [3.63, 3.8) is 0 Å². The van der Waals surface area contributed by atoms with Crippen molar-refractivity contribution in [3.8, 4) is 11.6 Å². The van der Waals surface area contributed by atoms with Crippen molar-refractivity contribution in [2.75, 3.05) is 0 Å². The van der Waals surface area contributed by atoms with Crippen LogP contribution in [0.3, 0.4) is 0 Å². The summed E-state index contributed by atoms with van der Waals surface area (Å²) in [7, 11) is 0. The van der Waals surface area contributed by atoms with E-state index in [0.29, 0.717) is 11.3 Å². The minimum Gasteiger partial charge on any atom is -0.494 e. The van der Waals surface area contributed by atoms with Gasteiger partial charge in [0.25, 0.3) is 5.56 Å². The van der Waals surface area contributed by atoms with E-state index < -0.39 is 17.1 Å². The number of allylic oxidation sites excluding steroid dienone is 1. The van der Waals surface area contributed by atoms with Crippen LogP contribution >= 0.6 is 0 Å². The van der Waals surface area contributed by atoms with Crippen molar-refractivity contribution in [2.45, 2.75) is 6.92 Å². The van der Waals surface area contributed by atoms with Gasteiger partial charge in [0.05, 0.1) is 11.4 Å². The highest BCUT2D eigenvalue weighted by atomic mass is 16.3. The molecule has 6 heteroatoms. The number of rotatable bonds is 2. The first-order valence-corrected chi connectivity index (χ1v) is 8.06. The third-order valence-corrected chi connectivity index (χ3v) is 4.33. The number of hydrogen-bond acceptors (Lipinski definition) is 4. The fraction of sp³-hybridized carbons (Fsp3) is 0.0500. The van der Waals surface area contributed by atoms with E-state index in [1.807, 2.05) is 43.3 Å². The van der Waals surface area contributed by atoms with Crippen LogP contribution in [0.2, 0.25) is 0 Å². The molecule has 0 fully saturated rings. The van der Waals surface area contributed by atoms with Crippen molar-refractivity contribution in [2.24, 2.45) is 4.99 Å². The molecule has 0 atom stereocenters. The van der Waals surface area contributed by atoms with Gasteiger partial charge in [-0.1, -0.05) is 36.4 Å². The first-order chi connectivity index (χ1) is 12.6. The van der Waals surface area contributed by atoms with Crippen LogP contribution in [0.4, 0.5) is 5.69 Å². The zero-order valence-electron chi connectivity index (χ0n) is 13.9. The molecule has 1 aromatic heterocycles. The normalized spacial score (nSPS) is 14.0. The molecule has 2 aromatic carbocycles. The predicted molar refractivity (Wildman–Crippen MR) is 102 cm³/mol. The van der Waals surface area contributed by atoms with E-state index in [2.05, 4.69) is 9.98 Å². The van der Waals surface area contributed by atoms with Gasteiger partial charge >= 0.3 is 5.69 Å². The van der Waals surface area contributed by atoms with Gasteiger partial charge in [-0.3, -0.25) is 14.8 Å². The fourth-order valence-electron chi connectivity index (χ4n) is 3.02. The molecule has 128 valence electrons. The van der Waals surface area contributed by atoms with Crippen LogP contribution in [-0.4, -0.2) is 20.9 Å². The Kier molecular flexibility index (Phi) is 3.65. The molecule has 1 aliphatic heterocycles. The van der Waals surface area contributed by atoms with E-state index in [1.165, 1.54) is 6.08 Å². The Morgan fingerprint density at radius 3 is 2.62 bits per heavy atom. The van der Waals surface area contributed by atoms with Gasteiger partial charge in [0.15, 0.2) is 0 Å². The monoisotopic (exact) mass is 345 g/mol. The second kappa shape index (κ2) is 6.00. The summed E-state index contributed by atoms with van der Waals surface area (Å²) in [6.07, 6.45) is 3.17. The number of aromatic amines is 1. The third kappa shape index (κ3) is 2.48. The quantitative estimate of drug-likeness (QED) is 0.749. The molecule has 3 aromatic rings. The number of aryl methyl sites for hydroxylation is 1. The summed E-state index contributed by atoms with van der Waals surface area (Å²) in [6, 6.07) is 14.6. The van der Waals surface area contributed by atoms with Gasteiger partial charge in [-0.2, -0.15) is 0 Å². The zero-order chi connectivity index (χ0) is 18.3. The van der Waals surface area contributed by atoms with Gasteiger partial charge < -0.3 is 5.11 Å². The molecule has 0 radical (unpaired) electrons. The SMILES string of the molecule is Cc1ccccc1-n1c(O)c(/C=C2\C=Nc3ccccc32)c(=O)[nH]c1=O. The highest BCUT2D eigenvalue weighted by Crippen LogP contribution is 2.32. The Labute approximate surface area is 148 Å². The van der Waals surface area contributed by atoms with E-state index in [-0.39, 0.29) is 5.56 Å². The zero-order valence-corrected chi connectivity index (χ0v) is 13.9. The molecular weight excluding hydrogens is 330 g/mol. The highest BCUT2D eigenvalue weighted by molar-refractivity contribution is 6.21. The maximum absolute atomic E-state index is 12.3. The predicted octanol–water partition coefficient (Wildman–Crippen LogP) is 2.80. The lowest BCUT2D eigenvalue weighted by Crippen LogP contribution is -2.30. The topological polar surface area (TPSA) is 87.4 Å². The van der Waals surface area contributed by atoms with Crippen LogP contribution in [0.1, 0.15) is 16.7 Å². The summed E-state index contributed by atoms with van der Waals surface area (Å²) in [4.78, 5) is 31.2. The second-order valence-electron chi connectivity index (χ2n) is 5.99. The smallest absolute Gasteiger partial charge is 0.335 e. The van der Waals surface area contributed by atoms with Gasteiger partial charge in [0.2, 0.25) is 5.88 Å². The maximum Gasteiger partial charge on any atom is 0.335 e. The number of nitrogens with zero attached hydrogens (tertiary/aromatic N) is 2. The van der Waals surface area contributed by atoms with Crippen molar-refractivity contribution in [1.82, 2.24) is 9.55 Å².